The predicted molar refractivity (Wildman–Crippen MR) is 128 cm³/mol. The first-order valence-corrected chi connectivity index (χ1v) is 12.4. The number of aryl methyl sites for hydroxylation is 1. The van der Waals surface area contributed by atoms with Crippen LogP contribution in [0.25, 0.3) is 10.8 Å². The van der Waals surface area contributed by atoms with Crippen LogP contribution in [-0.2, 0) is 0 Å². The number of hydrogen-bond acceptors (Lipinski definition) is 0. The van der Waals surface area contributed by atoms with Gasteiger partial charge in [-0.2, -0.15) is 13.2 Å². The molecule has 6 heteroatoms. The van der Waals surface area contributed by atoms with Crippen LogP contribution in [0.3, 0.4) is 0 Å². The largest absolute Gasteiger partial charge is 0.458 e. The number of halogens is 6. The quantitative estimate of drug-likeness (QED) is 0.243. The molecule has 4 atom stereocenters. The van der Waals surface area contributed by atoms with Gasteiger partial charge < -0.3 is 0 Å². The maximum absolute atomic E-state index is 15.0. The molecule has 36 heavy (non-hydrogen) atoms. The van der Waals surface area contributed by atoms with Crippen LogP contribution in [-0.4, -0.2) is 6.18 Å². The number of benzene rings is 3. The van der Waals surface area contributed by atoms with E-state index in [0.717, 1.165) is 50.5 Å². The van der Waals surface area contributed by atoms with Crippen molar-refractivity contribution in [2.24, 2.45) is 11.8 Å². The van der Waals surface area contributed by atoms with E-state index in [1.807, 2.05) is 0 Å². The van der Waals surface area contributed by atoms with Crippen LogP contribution in [0.1, 0.15) is 72.6 Å². The van der Waals surface area contributed by atoms with Gasteiger partial charge in [0, 0.05) is 5.92 Å². The average Bonchev–Trinajstić information content (AvgIpc) is 2.82. The summed E-state index contributed by atoms with van der Waals surface area (Å²) in [5.41, 5.74) is 2.26. The van der Waals surface area contributed by atoms with E-state index < -0.39 is 34.6 Å². The van der Waals surface area contributed by atoms with Gasteiger partial charge in [-0.1, -0.05) is 41.8 Å². The number of hydrogen-bond donors (Lipinski definition) is 0. The lowest BCUT2D eigenvalue weighted by molar-refractivity contribution is -0.0696. The van der Waals surface area contributed by atoms with Crippen LogP contribution >= 0.6 is 0 Å². The van der Waals surface area contributed by atoms with Gasteiger partial charge in [-0.3, -0.25) is 0 Å². The van der Waals surface area contributed by atoms with Crippen molar-refractivity contribution in [2.45, 2.75) is 63.5 Å². The highest BCUT2D eigenvalue weighted by atomic mass is 19.4. The summed E-state index contributed by atoms with van der Waals surface area (Å²) in [5.74, 6) is 0.572. The number of rotatable bonds is 2. The monoisotopic (exact) mass is 500 g/mol. The lowest BCUT2D eigenvalue weighted by atomic mass is 9.63. The van der Waals surface area contributed by atoms with Crippen LogP contribution in [0.4, 0.5) is 26.3 Å². The molecule has 0 spiro atoms. The summed E-state index contributed by atoms with van der Waals surface area (Å²) in [6, 6.07) is 12.5. The minimum atomic E-state index is -4.91. The van der Waals surface area contributed by atoms with E-state index in [-0.39, 0.29) is 11.3 Å². The molecule has 0 radical (unpaired) electrons. The van der Waals surface area contributed by atoms with Gasteiger partial charge in [-0.15, -0.1) is 0 Å². The van der Waals surface area contributed by atoms with Crippen molar-refractivity contribution in [3.63, 3.8) is 0 Å². The molecule has 2 saturated carbocycles. The normalized spacial score (nSPS) is 24.2. The number of fused-ring (bicyclic) bond motifs is 2. The van der Waals surface area contributed by atoms with Gasteiger partial charge in [0.25, 0.3) is 0 Å². The van der Waals surface area contributed by atoms with Crippen molar-refractivity contribution in [3.8, 4) is 11.8 Å². The minimum Gasteiger partial charge on any atom is -0.206 e. The van der Waals surface area contributed by atoms with Gasteiger partial charge in [-0.05, 0) is 97.8 Å². The van der Waals surface area contributed by atoms with Crippen LogP contribution in [0.5, 0.6) is 0 Å². The Morgan fingerprint density at radius 1 is 0.750 bits per heavy atom. The molecule has 0 amide bonds. The van der Waals surface area contributed by atoms with Crippen molar-refractivity contribution in [3.05, 3.63) is 82.2 Å². The molecule has 2 aliphatic carbocycles. The first-order valence-electron chi connectivity index (χ1n) is 12.4. The molecule has 2 fully saturated rings. The molecule has 3 aromatic rings. The van der Waals surface area contributed by atoms with Crippen molar-refractivity contribution in [2.75, 3.05) is 0 Å². The highest BCUT2D eigenvalue weighted by Crippen LogP contribution is 2.50. The first kappa shape index (κ1) is 24.7. The molecule has 3 aromatic carbocycles. The summed E-state index contributed by atoms with van der Waals surface area (Å²) in [6.45, 7) is 2.08. The van der Waals surface area contributed by atoms with Gasteiger partial charge in [0.05, 0.1) is 10.9 Å². The third-order valence-corrected chi connectivity index (χ3v) is 8.07. The van der Waals surface area contributed by atoms with E-state index in [1.165, 1.54) is 23.1 Å². The molecular formula is C30H26F6. The van der Waals surface area contributed by atoms with Gasteiger partial charge in [0.15, 0.2) is 5.82 Å². The van der Waals surface area contributed by atoms with Crippen LogP contribution in [0.2, 0.25) is 0 Å². The van der Waals surface area contributed by atoms with E-state index in [1.54, 1.807) is 6.07 Å². The molecule has 0 bridgehead atoms. The summed E-state index contributed by atoms with van der Waals surface area (Å²) in [4.78, 5) is 0. The molecule has 0 nitrogen and oxygen atoms in total. The molecule has 0 aromatic heterocycles. The second kappa shape index (κ2) is 9.50. The Kier molecular flexibility index (Phi) is 6.53. The Labute approximate surface area is 206 Å². The zero-order valence-electron chi connectivity index (χ0n) is 19.9. The maximum atomic E-state index is 15.0. The van der Waals surface area contributed by atoms with Crippen LogP contribution in [0, 0.1) is 48.1 Å². The summed E-state index contributed by atoms with van der Waals surface area (Å²) in [6.07, 6.45) is 1.23. The highest BCUT2D eigenvalue weighted by molar-refractivity contribution is 5.86. The molecule has 0 heterocycles. The van der Waals surface area contributed by atoms with E-state index in [2.05, 4.69) is 31.2 Å². The number of alkyl halides is 3. The molecule has 0 aliphatic heterocycles. The van der Waals surface area contributed by atoms with Crippen molar-refractivity contribution >= 4 is 10.8 Å². The molecule has 4 unspecified atom stereocenters. The van der Waals surface area contributed by atoms with Crippen molar-refractivity contribution in [1.29, 1.82) is 0 Å². The van der Waals surface area contributed by atoms with E-state index >= 15 is 4.39 Å². The fourth-order valence-corrected chi connectivity index (χ4v) is 6.25. The summed E-state index contributed by atoms with van der Waals surface area (Å²) >= 11 is 0. The lowest BCUT2D eigenvalue weighted by Gasteiger charge is -2.42. The smallest absolute Gasteiger partial charge is 0.206 e. The summed E-state index contributed by atoms with van der Waals surface area (Å²) in [7, 11) is 0. The molecule has 2 aliphatic rings. The summed E-state index contributed by atoms with van der Waals surface area (Å²) in [5, 5.41) is -0.526. The molecular weight excluding hydrogens is 474 g/mol. The predicted octanol–water partition coefficient (Wildman–Crippen LogP) is 8.95. The summed E-state index contributed by atoms with van der Waals surface area (Å²) < 4.78 is 81.5. The minimum absolute atomic E-state index is 0.00256. The topological polar surface area (TPSA) is 0 Å². The van der Waals surface area contributed by atoms with E-state index in [0.29, 0.717) is 23.3 Å². The highest BCUT2D eigenvalue weighted by Gasteiger charge is 2.36. The second-order valence-corrected chi connectivity index (χ2v) is 10.3. The third-order valence-electron chi connectivity index (χ3n) is 8.07. The third kappa shape index (κ3) is 4.98. The molecule has 5 rings (SSSR count). The zero-order chi connectivity index (χ0) is 25.6. The van der Waals surface area contributed by atoms with Crippen molar-refractivity contribution < 1.29 is 26.3 Å². The van der Waals surface area contributed by atoms with Crippen molar-refractivity contribution in [1.82, 2.24) is 0 Å². The van der Waals surface area contributed by atoms with Gasteiger partial charge >= 0.3 is 6.18 Å². The Bertz CT molecular complexity index is 1340. The van der Waals surface area contributed by atoms with Crippen LogP contribution < -0.4 is 0 Å². The fraction of sp³-hybridized carbons (Fsp3) is 0.400. The SMILES string of the molecule is Cc1ccc(C2CCC3CC(c4cc(F)c5c(F)c(C#CC(F)(F)F)c(F)cc5c4)CCC3C2)cc1. The zero-order valence-corrected chi connectivity index (χ0v) is 19.9. The van der Waals surface area contributed by atoms with Crippen LogP contribution in [0.15, 0.2) is 42.5 Å². The second-order valence-electron chi connectivity index (χ2n) is 10.3. The first-order chi connectivity index (χ1) is 17.1. The van der Waals surface area contributed by atoms with Gasteiger partial charge in [0.1, 0.15) is 11.6 Å². The average molecular weight is 501 g/mol. The fourth-order valence-electron chi connectivity index (χ4n) is 6.25. The maximum Gasteiger partial charge on any atom is 0.458 e. The van der Waals surface area contributed by atoms with Gasteiger partial charge in [0.2, 0.25) is 0 Å². The Balaban J connectivity index is 1.36. The Morgan fingerprint density at radius 3 is 1.97 bits per heavy atom. The molecule has 188 valence electrons. The standard InChI is InChI=1S/C30H26F6/c1-17-2-4-18(5-3-17)19-6-7-21-13-22(9-8-20(21)12-19)23-14-24-16-26(31)25(10-11-30(34,35)36)29(33)28(24)27(32)15-23/h2-5,14-16,19-22H,6-9,12-13H2,1H3. The molecule has 0 saturated heterocycles. The molecule has 0 N–H and O–H groups in total. The Morgan fingerprint density at radius 2 is 1.36 bits per heavy atom. The van der Waals surface area contributed by atoms with E-state index in [9.17, 15) is 22.0 Å². The van der Waals surface area contributed by atoms with E-state index in [4.69, 9.17) is 0 Å². The Hall–Kier alpha value is -2.94. The van der Waals surface area contributed by atoms with Gasteiger partial charge in [-0.25, -0.2) is 13.2 Å². The lowest BCUT2D eigenvalue weighted by Crippen LogP contribution is -2.29.